The molecule has 0 saturated carbocycles. The molecule has 1 nitrogen and oxygen atoms in total. The van der Waals surface area contributed by atoms with Crippen molar-refractivity contribution in [3.05, 3.63) is 61.5 Å². The highest BCUT2D eigenvalue weighted by molar-refractivity contribution is 9.10. The first-order valence-corrected chi connectivity index (χ1v) is 7.71. The molecule has 0 bridgehead atoms. The fourth-order valence-corrected chi connectivity index (χ4v) is 2.77. The summed E-state index contributed by atoms with van der Waals surface area (Å²) in [7, 11) is 0. The Bertz CT molecular complexity index is 692. The van der Waals surface area contributed by atoms with Crippen molar-refractivity contribution in [2.24, 2.45) is 0 Å². The standard InChI is InChI=1S/C15H12BrCl2F2N/c1-7-5-12(20)9(6-11(7)19)8(2)21-13-4-3-10(16)14(17)15(13)18/h3-6,8,21H,1-2H3. The molecule has 2 rings (SSSR count). The second-order valence-corrected chi connectivity index (χ2v) is 6.32. The van der Waals surface area contributed by atoms with Gasteiger partial charge in [0.1, 0.15) is 11.6 Å². The molecule has 6 heteroatoms. The minimum Gasteiger partial charge on any atom is -0.377 e. The monoisotopic (exact) mass is 393 g/mol. The van der Waals surface area contributed by atoms with Crippen LogP contribution in [0, 0.1) is 18.6 Å². The second kappa shape index (κ2) is 6.51. The minimum atomic E-state index is -0.465. The van der Waals surface area contributed by atoms with Gasteiger partial charge in [-0.15, -0.1) is 0 Å². The topological polar surface area (TPSA) is 12.0 Å². The lowest BCUT2D eigenvalue weighted by Crippen LogP contribution is -2.10. The molecule has 0 aliphatic heterocycles. The van der Waals surface area contributed by atoms with Crippen LogP contribution in [0.4, 0.5) is 14.5 Å². The van der Waals surface area contributed by atoms with E-state index in [4.69, 9.17) is 23.2 Å². The van der Waals surface area contributed by atoms with E-state index in [1.54, 1.807) is 19.1 Å². The molecule has 0 saturated heterocycles. The van der Waals surface area contributed by atoms with Gasteiger partial charge in [-0.1, -0.05) is 23.2 Å². The summed E-state index contributed by atoms with van der Waals surface area (Å²) in [5, 5.41) is 3.73. The van der Waals surface area contributed by atoms with Crippen molar-refractivity contribution in [1.82, 2.24) is 0 Å². The van der Waals surface area contributed by atoms with E-state index in [9.17, 15) is 8.78 Å². The average molecular weight is 395 g/mol. The molecule has 0 aliphatic carbocycles. The maximum atomic E-state index is 14.0. The van der Waals surface area contributed by atoms with Crippen LogP contribution in [0.3, 0.4) is 0 Å². The Kier molecular flexibility index (Phi) is 5.12. The van der Waals surface area contributed by atoms with Crippen LogP contribution >= 0.6 is 39.1 Å². The Hall–Kier alpha value is -0.840. The van der Waals surface area contributed by atoms with E-state index in [0.29, 0.717) is 20.2 Å². The highest BCUT2D eigenvalue weighted by Crippen LogP contribution is 2.37. The highest BCUT2D eigenvalue weighted by atomic mass is 79.9. The van der Waals surface area contributed by atoms with Crippen LogP contribution in [-0.4, -0.2) is 0 Å². The van der Waals surface area contributed by atoms with Gasteiger partial charge in [0, 0.05) is 10.0 Å². The maximum Gasteiger partial charge on any atom is 0.128 e. The van der Waals surface area contributed by atoms with Crippen LogP contribution in [-0.2, 0) is 0 Å². The van der Waals surface area contributed by atoms with Gasteiger partial charge in [0.25, 0.3) is 0 Å². The smallest absolute Gasteiger partial charge is 0.128 e. The zero-order valence-electron chi connectivity index (χ0n) is 11.3. The summed E-state index contributed by atoms with van der Waals surface area (Å²) in [6.07, 6.45) is 0. The molecule has 0 heterocycles. The Labute approximate surface area is 140 Å². The molecule has 1 unspecified atom stereocenters. The van der Waals surface area contributed by atoms with Gasteiger partial charge in [-0.2, -0.15) is 0 Å². The van der Waals surface area contributed by atoms with Gasteiger partial charge in [-0.25, -0.2) is 8.78 Å². The number of benzene rings is 2. The van der Waals surface area contributed by atoms with Crippen molar-refractivity contribution in [2.45, 2.75) is 19.9 Å². The number of rotatable bonds is 3. The highest BCUT2D eigenvalue weighted by Gasteiger charge is 2.16. The molecule has 0 fully saturated rings. The quantitative estimate of drug-likeness (QED) is 0.584. The van der Waals surface area contributed by atoms with Gasteiger partial charge in [0.05, 0.1) is 21.8 Å². The summed E-state index contributed by atoms with van der Waals surface area (Å²) in [4.78, 5) is 0. The van der Waals surface area contributed by atoms with Crippen molar-refractivity contribution >= 4 is 44.8 Å². The van der Waals surface area contributed by atoms with Crippen LogP contribution in [0.2, 0.25) is 10.0 Å². The normalized spacial score (nSPS) is 12.3. The fourth-order valence-electron chi connectivity index (χ4n) is 1.94. The lowest BCUT2D eigenvalue weighted by atomic mass is 10.0. The summed E-state index contributed by atoms with van der Waals surface area (Å²) < 4.78 is 28.2. The van der Waals surface area contributed by atoms with Gasteiger partial charge in [0.15, 0.2) is 0 Å². The predicted molar refractivity (Wildman–Crippen MR) is 87.3 cm³/mol. The summed E-state index contributed by atoms with van der Waals surface area (Å²) in [5.74, 6) is -0.909. The number of hydrogen-bond donors (Lipinski definition) is 1. The third-order valence-corrected chi connectivity index (χ3v) is 4.92. The second-order valence-electron chi connectivity index (χ2n) is 4.71. The molecule has 0 aliphatic rings. The summed E-state index contributed by atoms with van der Waals surface area (Å²) in [6.45, 7) is 3.24. The van der Waals surface area contributed by atoms with E-state index in [-0.39, 0.29) is 11.1 Å². The molecule has 112 valence electrons. The van der Waals surface area contributed by atoms with E-state index in [1.165, 1.54) is 19.1 Å². The van der Waals surface area contributed by atoms with E-state index < -0.39 is 17.7 Å². The lowest BCUT2D eigenvalue weighted by molar-refractivity contribution is 0.571. The van der Waals surface area contributed by atoms with Crippen molar-refractivity contribution < 1.29 is 8.78 Å². The summed E-state index contributed by atoms with van der Waals surface area (Å²) in [6, 6.07) is 5.36. The number of nitrogens with one attached hydrogen (secondary N) is 1. The van der Waals surface area contributed by atoms with Gasteiger partial charge >= 0.3 is 0 Å². The van der Waals surface area contributed by atoms with Crippen molar-refractivity contribution in [3.63, 3.8) is 0 Å². The first-order valence-electron chi connectivity index (χ1n) is 6.16. The number of hydrogen-bond acceptors (Lipinski definition) is 1. The SMILES string of the molecule is Cc1cc(F)c(C(C)Nc2ccc(Br)c(Cl)c2Cl)cc1F. The van der Waals surface area contributed by atoms with Gasteiger partial charge in [-0.05, 0) is 59.6 Å². The Balaban J connectivity index is 2.32. The van der Waals surface area contributed by atoms with E-state index in [1.807, 2.05) is 0 Å². The Morgan fingerprint density at radius 3 is 2.43 bits per heavy atom. The average Bonchev–Trinajstić information content (AvgIpc) is 2.43. The van der Waals surface area contributed by atoms with Gasteiger partial charge < -0.3 is 5.32 Å². The van der Waals surface area contributed by atoms with E-state index in [0.717, 1.165) is 0 Å². The Morgan fingerprint density at radius 1 is 1.10 bits per heavy atom. The van der Waals surface area contributed by atoms with Crippen LogP contribution in [0.25, 0.3) is 0 Å². The number of halogens is 5. The first-order chi connectivity index (χ1) is 9.81. The summed E-state index contributed by atoms with van der Waals surface area (Å²) >= 11 is 15.4. The molecule has 0 radical (unpaired) electrons. The predicted octanol–water partition coefficient (Wildman–Crippen LogP) is 6.52. The molecule has 0 amide bonds. The Morgan fingerprint density at radius 2 is 1.76 bits per heavy atom. The molecule has 21 heavy (non-hydrogen) atoms. The van der Waals surface area contributed by atoms with Crippen LogP contribution in [0.5, 0.6) is 0 Å². The third kappa shape index (κ3) is 3.50. The van der Waals surface area contributed by atoms with Crippen LogP contribution in [0.1, 0.15) is 24.1 Å². The van der Waals surface area contributed by atoms with Crippen LogP contribution in [0.15, 0.2) is 28.7 Å². The fraction of sp³-hybridized carbons (Fsp3) is 0.200. The molecular formula is C15H12BrCl2F2N. The minimum absolute atomic E-state index is 0.230. The number of aryl methyl sites for hydroxylation is 1. The molecule has 2 aromatic carbocycles. The van der Waals surface area contributed by atoms with Crippen LogP contribution < -0.4 is 5.32 Å². The zero-order valence-corrected chi connectivity index (χ0v) is 14.4. The molecule has 0 spiro atoms. The number of anilines is 1. The van der Waals surface area contributed by atoms with Crippen molar-refractivity contribution in [1.29, 1.82) is 0 Å². The van der Waals surface area contributed by atoms with Crippen molar-refractivity contribution in [3.8, 4) is 0 Å². The largest absolute Gasteiger partial charge is 0.377 e. The molecule has 1 atom stereocenters. The van der Waals surface area contributed by atoms with Crippen molar-refractivity contribution in [2.75, 3.05) is 5.32 Å². The molecule has 1 N–H and O–H groups in total. The first kappa shape index (κ1) is 16.5. The maximum absolute atomic E-state index is 14.0. The zero-order chi connectivity index (χ0) is 15.7. The summed E-state index contributed by atoms with van der Waals surface area (Å²) in [5.41, 5.74) is 1.05. The lowest BCUT2D eigenvalue weighted by Gasteiger charge is -2.18. The van der Waals surface area contributed by atoms with E-state index >= 15 is 0 Å². The third-order valence-electron chi connectivity index (χ3n) is 3.15. The van der Waals surface area contributed by atoms with Gasteiger partial charge in [-0.3, -0.25) is 0 Å². The molecule has 0 aromatic heterocycles. The molecular weight excluding hydrogens is 383 g/mol. The van der Waals surface area contributed by atoms with E-state index in [2.05, 4.69) is 21.2 Å². The molecule has 2 aromatic rings. The van der Waals surface area contributed by atoms with Gasteiger partial charge in [0.2, 0.25) is 0 Å².